The van der Waals surface area contributed by atoms with Gasteiger partial charge < -0.3 is 4.74 Å². The van der Waals surface area contributed by atoms with Gasteiger partial charge in [-0.3, -0.25) is 0 Å². The number of hydrogen-bond donors (Lipinski definition) is 0. The van der Waals surface area contributed by atoms with E-state index >= 15 is 0 Å². The first-order valence-electron chi connectivity index (χ1n) is 14.5. The van der Waals surface area contributed by atoms with Crippen molar-refractivity contribution >= 4 is 10.8 Å². The predicted molar refractivity (Wildman–Crippen MR) is 155 cm³/mol. The molecule has 0 spiro atoms. The van der Waals surface area contributed by atoms with Crippen LogP contribution in [0.15, 0.2) is 60.7 Å². The molecule has 0 N–H and O–H groups in total. The zero-order valence-corrected chi connectivity index (χ0v) is 22.5. The monoisotopic (exact) mass is 480 g/mol. The molecule has 190 valence electrons. The molecule has 0 radical (unpaired) electrons. The summed E-state index contributed by atoms with van der Waals surface area (Å²) in [5.74, 6) is 9.41. The second-order valence-corrected chi connectivity index (χ2v) is 10.7. The molecular weight excluding hydrogens is 436 g/mol. The maximum absolute atomic E-state index is 5.98. The molecule has 36 heavy (non-hydrogen) atoms. The van der Waals surface area contributed by atoms with Crippen molar-refractivity contribution in [1.29, 1.82) is 0 Å². The Hall–Kier alpha value is -2.72. The molecule has 0 aliphatic heterocycles. The minimum Gasteiger partial charge on any atom is -0.494 e. The van der Waals surface area contributed by atoms with E-state index in [-0.39, 0.29) is 0 Å². The Morgan fingerprint density at radius 3 is 2.11 bits per heavy atom. The van der Waals surface area contributed by atoms with Crippen LogP contribution in [0.3, 0.4) is 0 Å². The number of ether oxygens (including phenoxy) is 1. The van der Waals surface area contributed by atoms with E-state index in [9.17, 15) is 0 Å². The smallest absolute Gasteiger partial charge is 0.119 e. The average Bonchev–Trinajstić information content (AvgIpc) is 2.93. The van der Waals surface area contributed by atoms with Gasteiger partial charge in [-0.1, -0.05) is 94.9 Å². The highest BCUT2D eigenvalue weighted by Crippen LogP contribution is 2.37. The van der Waals surface area contributed by atoms with Gasteiger partial charge in [0.15, 0.2) is 0 Å². The van der Waals surface area contributed by atoms with Crippen molar-refractivity contribution in [3.05, 3.63) is 77.4 Å². The third kappa shape index (κ3) is 7.89. The predicted octanol–water partition coefficient (Wildman–Crippen LogP) is 10.1. The molecule has 1 aliphatic rings. The van der Waals surface area contributed by atoms with Crippen molar-refractivity contribution in [3.8, 4) is 17.6 Å². The van der Waals surface area contributed by atoms with Crippen LogP contribution in [-0.4, -0.2) is 6.61 Å². The second-order valence-electron chi connectivity index (χ2n) is 10.7. The van der Waals surface area contributed by atoms with E-state index in [0.29, 0.717) is 0 Å². The van der Waals surface area contributed by atoms with Gasteiger partial charge in [0.05, 0.1) is 6.61 Å². The Morgan fingerprint density at radius 2 is 1.33 bits per heavy atom. The van der Waals surface area contributed by atoms with E-state index in [0.717, 1.165) is 41.7 Å². The summed E-state index contributed by atoms with van der Waals surface area (Å²) in [6.45, 7) is 5.36. The Labute approximate surface area is 219 Å². The Morgan fingerprint density at radius 1 is 0.667 bits per heavy atom. The lowest BCUT2D eigenvalue weighted by Gasteiger charge is -2.28. The van der Waals surface area contributed by atoms with E-state index in [1.807, 2.05) is 0 Å². The SMILES string of the molecule is CCCCCCCOc1ccc2cc(C#Cc3ccc([C@H]4CC[C@H](CCCC)CC4)cc3)ccc2c1. The van der Waals surface area contributed by atoms with Crippen LogP contribution in [0.2, 0.25) is 0 Å². The van der Waals surface area contributed by atoms with E-state index in [1.54, 1.807) is 0 Å². The normalized spacial score (nSPS) is 17.5. The number of benzene rings is 3. The van der Waals surface area contributed by atoms with Crippen LogP contribution >= 0.6 is 0 Å². The third-order valence-electron chi connectivity index (χ3n) is 7.87. The quantitative estimate of drug-likeness (QED) is 0.196. The van der Waals surface area contributed by atoms with Gasteiger partial charge in [-0.2, -0.15) is 0 Å². The molecular formula is C35H44O. The summed E-state index contributed by atoms with van der Waals surface area (Å²) in [4.78, 5) is 0. The number of fused-ring (bicyclic) bond motifs is 1. The van der Waals surface area contributed by atoms with Crippen molar-refractivity contribution in [2.24, 2.45) is 5.92 Å². The molecule has 1 heteroatoms. The van der Waals surface area contributed by atoms with Gasteiger partial charge in [0.25, 0.3) is 0 Å². The van der Waals surface area contributed by atoms with E-state index < -0.39 is 0 Å². The van der Waals surface area contributed by atoms with Gasteiger partial charge in [-0.25, -0.2) is 0 Å². The molecule has 0 atom stereocenters. The van der Waals surface area contributed by atoms with Gasteiger partial charge in [-0.05, 0) is 96.7 Å². The molecule has 0 saturated heterocycles. The number of hydrogen-bond acceptors (Lipinski definition) is 1. The molecule has 1 nitrogen and oxygen atoms in total. The molecule has 4 rings (SSSR count). The molecule has 0 aromatic heterocycles. The Kier molecular flexibility index (Phi) is 10.3. The van der Waals surface area contributed by atoms with Crippen molar-refractivity contribution < 1.29 is 4.74 Å². The zero-order chi connectivity index (χ0) is 25.0. The summed E-state index contributed by atoms with van der Waals surface area (Å²) >= 11 is 0. The molecule has 1 fully saturated rings. The highest BCUT2D eigenvalue weighted by molar-refractivity contribution is 5.85. The van der Waals surface area contributed by atoms with Crippen LogP contribution in [0.1, 0.15) is 114 Å². The first-order valence-corrected chi connectivity index (χ1v) is 14.5. The number of unbranched alkanes of at least 4 members (excludes halogenated alkanes) is 5. The maximum atomic E-state index is 5.98. The lowest BCUT2D eigenvalue weighted by atomic mass is 9.77. The zero-order valence-electron chi connectivity index (χ0n) is 22.5. The first-order chi connectivity index (χ1) is 17.7. The Balaban J connectivity index is 1.30. The number of rotatable bonds is 11. The molecule has 1 saturated carbocycles. The summed E-state index contributed by atoms with van der Waals surface area (Å²) in [6.07, 6.45) is 16.0. The van der Waals surface area contributed by atoms with Gasteiger partial charge in [0, 0.05) is 11.1 Å². The van der Waals surface area contributed by atoms with E-state index in [1.165, 1.54) is 87.0 Å². The van der Waals surface area contributed by atoms with Crippen LogP contribution < -0.4 is 4.74 Å². The fourth-order valence-electron chi connectivity index (χ4n) is 5.55. The molecule has 0 amide bonds. The van der Waals surface area contributed by atoms with Gasteiger partial charge in [0.1, 0.15) is 5.75 Å². The standard InChI is InChI=1S/C35H44O/c1-3-5-7-8-9-25-36-35-24-23-33-26-30(17-22-34(33)27-35)12-11-29-15-20-32(21-16-29)31-18-13-28(14-19-31)10-6-4-2/h15-17,20-24,26-28,31H,3-10,13-14,18-19,25H2,1-2H3/t28-,31-. The summed E-state index contributed by atoms with van der Waals surface area (Å²) < 4.78 is 5.98. The summed E-state index contributed by atoms with van der Waals surface area (Å²) in [5, 5.41) is 2.42. The summed E-state index contributed by atoms with van der Waals surface area (Å²) in [7, 11) is 0. The van der Waals surface area contributed by atoms with Crippen LogP contribution in [0.25, 0.3) is 10.8 Å². The van der Waals surface area contributed by atoms with E-state index in [4.69, 9.17) is 4.74 Å². The Bertz CT molecular complexity index is 1120. The fraction of sp³-hybridized carbons (Fsp3) is 0.486. The van der Waals surface area contributed by atoms with E-state index in [2.05, 4.69) is 86.4 Å². The van der Waals surface area contributed by atoms with Gasteiger partial charge >= 0.3 is 0 Å². The highest BCUT2D eigenvalue weighted by atomic mass is 16.5. The first kappa shape index (κ1) is 26.3. The molecule has 0 bridgehead atoms. The topological polar surface area (TPSA) is 9.23 Å². The average molecular weight is 481 g/mol. The van der Waals surface area contributed by atoms with Crippen LogP contribution in [-0.2, 0) is 0 Å². The molecule has 0 heterocycles. The minimum absolute atomic E-state index is 0.736. The van der Waals surface area contributed by atoms with Crippen molar-refractivity contribution in [2.75, 3.05) is 6.61 Å². The lowest BCUT2D eigenvalue weighted by molar-refractivity contribution is 0.304. The third-order valence-corrected chi connectivity index (χ3v) is 7.87. The maximum Gasteiger partial charge on any atom is 0.119 e. The van der Waals surface area contributed by atoms with Crippen molar-refractivity contribution in [1.82, 2.24) is 0 Å². The molecule has 3 aromatic rings. The van der Waals surface area contributed by atoms with Gasteiger partial charge in [0.2, 0.25) is 0 Å². The largest absolute Gasteiger partial charge is 0.494 e. The van der Waals surface area contributed by atoms with Crippen LogP contribution in [0.5, 0.6) is 5.75 Å². The molecule has 3 aromatic carbocycles. The molecule has 1 aliphatic carbocycles. The summed E-state index contributed by atoms with van der Waals surface area (Å²) in [6, 6.07) is 21.9. The fourth-order valence-corrected chi connectivity index (χ4v) is 5.55. The van der Waals surface area contributed by atoms with Crippen LogP contribution in [0, 0.1) is 17.8 Å². The van der Waals surface area contributed by atoms with Crippen molar-refractivity contribution in [3.63, 3.8) is 0 Å². The van der Waals surface area contributed by atoms with Gasteiger partial charge in [-0.15, -0.1) is 0 Å². The highest BCUT2D eigenvalue weighted by Gasteiger charge is 2.21. The van der Waals surface area contributed by atoms with Crippen LogP contribution in [0.4, 0.5) is 0 Å². The van der Waals surface area contributed by atoms with Crippen molar-refractivity contribution in [2.45, 2.75) is 96.8 Å². The lowest BCUT2D eigenvalue weighted by Crippen LogP contribution is -2.13. The summed E-state index contributed by atoms with van der Waals surface area (Å²) in [5.41, 5.74) is 3.65. The molecule has 0 unspecified atom stereocenters. The second kappa shape index (κ2) is 14.1. The minimum atomic E-state index is 0.736.